The maximum Gasteiger partial charge on any atom is 0.335 e. The highest BCUT2D eigenvalue weighted by Gasteiger charge is 2.32. The Labute approximate surface area is 154 Å². The molecule has 0 unspecified atom stereocenters. The van der Waals surface area contributed by atoms with Crippen LogP contribution in [0, 0.1) is 0 Å². The van der Waals surface area contributed by atoms with Gasteiger partial charge in [0.05, 0.1) is 19.3 Å². The summed E-state index contributed by atoms with van der Waals surface area (Å²) in [5.74, 6) is 0.0483. The summed E-state index contributed by atoms with van der Waals surface area (Å²) in [4.78, 5) is 27.5. The number of rotatable bonds is 3. The minimum Gasteiger partial charge on any atom is -0.495 e. The molecule has 0 aliphatic carbocycles. The molecule has 1 aliphatic heterocycles. The number of hydrogen-bond acceptors (Lipinski definition) is 4. The highest BCUT2D eigenvalue weighted by Crippen LogP contribution is 2.30. The van der Waals surface area contributed by atoms with Gasteiger partial charge < -0.3 is 15.2 Å². The summed E-state index contributed by atoms with van der Waals surface area (Å²) >= 11 is 0. The molecule has 2 heterocycles. The molecule has 27 heavy (non-hydrogen) atoms. The van der Waals surface area contributed by atoms with Crippen LogP contribution in [0.2, 0.25) is 0 Å². The first-order valence-corrected chi connectivity index (χ1v) is 8.74. The minimum absolute atomic E-state index is 0.160. The second-order valence-electron chi connectivity index (χ2n) is 6.45. The van der Waals surface area contributed by atoms with Gasteiger partial charge in [0.2, 0.25) is 5.88 Å². The third-order valence-corrected chi connectivity index (χ3v) is 4.96. The minimum atomic E-state index is -0.713. The van der Waals surface area contributed by atoms with Crippen molar-refractivity contribution in [1.29, 1.82) is 0 Å². The molecule has 4 rings (SSSR count). The summed E-state index contributed by atoms with van der Waals surface area (Å²) < 4.78 is 6.39. The summed E-state index contributed by atoms with van der Waals surface area (Å²) in [6, 6.07) is 14.3. The number of H-pyrrole nitrogens is 1. The number of nitrogens with zero attached hydrogens (tertiary/aromatic N) is 1. The van der Waals surface area contributed by atoms with E-state index in [4.69, 9.17) is 4.74 Å². The Bertz CT molecular complexity index is 1120. The maximum absolute atomic E-state index is 12.6. The standard InChI is InChI=1S/C20H19N3O4/c1-27-15-9-5-4-8-14(15)23-19(25)16(18(24)22-20(23)26)17-13-7-3-2-6-12(13)10-11-21-17/h2-9,17,21,25H,10-11H2,1H3,(H,22,24,26)/p+1/t17-/m1/s1. The third kappa shape index (κ3) is 2.82. The van der Waals surface area contributed by atoms with Gasteiger partial charge in [-0.15, -0.1) is 0 Å². The van der Waals surface area contributed by atoms with E-state index in [9.17, 15) is 14.7 Å². The molecule has 0 saturated heterocycles. The lowest BCUT2D eigenvalue weighted by Crippen LogP contribution is -2.87. The molecule has 0 spiro atoms. The average Bonchev–Trinajstić information content (AvgIpc) is 2.68. The lowest BCUT2D eigenvalue weighted by Gasteiger charge is -2.24. The van der Waals surface area contributed by atoms with E-state index in [1.165, 1.54) is 7.11 Å². The number of para-hydroxylation sites is 2. The molecule has 1 aromatic heterocycles. The van der Waals surface area contributed by atoms with Crippen LogP contribution in [0.15, 0.2) is 58.1 Å². The number of nitrogens with two attached hydrogens (primary N) is 1. The van der Waals surface area contributed by atoms with Gasteiger partial charge in [0, 0.05) is 12.0 Å². The zero-order valence-corrected chi connectivity index (χ0v) is 14.8. The predicted octanol–water partition coefficient (Wildman–Crippen LogP) is 0.449. The Morgan fingerprint density at radius 1 is 1.15 bits per heavy atom. The number of aromatic amines is 1. The quantitative estimate of drug-likeness (QED) is 0.626. The molecule has 0 saturated carbocycles. The molecule has 3 aromatic rings. The highest BCUT2D eigenvalue weighted by molar-refractivity contribution is 5.50. The van der Waals surface area contributed by atoms with Gasteiger partial charge in [-0.3, -0.25) is 9.78 Å². The Balaban J connectivity index is 1.97. The van der Waals surface area contributed by atoms with E-state index in [0.717, 1.165) is 28.7 Å². The smallest absolute Gasteiger partial charge is 0.335 e. The number of nitrogens with one attached hydrogen (secondary N) is 1. The maximum atomic E-state index is 12.6. The lowest BCUT2D eigenvalue weighted by molar-refractivity contribution is -0.690. The molecule has 1 atom stereocenters. The van der Waals surface area contributed by atoms with Crippen LogP contribution in [0.3, 0.4) is 0 Å². The van der Waals surface area contributed by atoms with Crippen molar-refractivity contribution in [3.8, 4) is 17.3 Å². The van der Waals surface area contributed by atoms with Crippen molar-refractivity contribution in [1.82, 2.24) is 9.55 Å². The van der Waals surface area contributed by atoms with Gasteiger partial charge in [0.1, 0.15) is 17.4 Å². The Hall–Kier alpha value is -3.32. The number of aromatic nitrogens is 2. The van der Waals surface area contributed by atoms with Gasteiger partial charge in [0.25, 0.3) is 5.56 Å². The zero-order valence-electron chi connectivity index (χ0n) is 14.8. The van der Waals surface area contributed by atoms with Gasteiger partial charge in [-0.1, -0.05) is 36.4 Å². The molecule has 2 aromatic carbocycles. The fourth-order valence-corrected chi connectivity index (χ4v) is 3.73. The number of hydrogen-bond donors (Lipinski definition) is 3. The fourth-order valence-electron chi connectivity index (χ4n) is 3.73. The lowest BCUT2D eigenvalue weighted by atomic mass is 9.90. The largest absolute Gasteiger partial charge is 0.495 e. The van der Waals surface area contributed by atoms with Crippen LogP contribution >= 0.6 is 0 Å². The van der Waals surface area contributed by atoms with E-state index in [0.29, 0.717) is 11.4 Å². The van der Waals surface area contributed by atoms with Crippen LogP contribution < -0.4 is 21.3 Å². The highest BCUT2D eigenvalue weighted by atomic mass is 16.5. The van der Waals surface area contributed by atoms with Crippen molar-refractivity contribution in [3.05, 3.63) is 86.1 Å². The molecule has 138 valence electrons. The number of fused-ring (bicyclic) bond motifs is 1. The average molecular weight is 366 g/mol. The monoisotopic (exact) mass is 366 g/mol. The van der Waals surface area contributed by atoms with E-state index < -0.39 is 11.2 Å². The molecular weight excluding hydrogens is 346 g/mol. The summed E-state index contributed by atoms with van der Waals surface area (Å²) in [5, 5.41) is 13.0. The third-order valence-electron chi connectivity index (χ3n) is 4.96. The first kappa shape index (κ1) is 17.1. The van der Waals surface area contributed by atoms with Crippen molar-refractivity contribution in [3.63, 3.8) is 0 Å². The van der Waals surface area contributed by atoms with Gasteiger partial charge >= 0.3 is 5.69 Å². The number of ether oxygens (including phenoxy) is 1. The van der Waals surface area contributed by atoms with Gasteiger partial charge in [0.15, 0.2) is 0 Å². The zero-order chi connectivity index (χ0) is 19.0. The van der Waals surface area contributed by atoms with Gasteiger partial charge in [-0.2, -0.15) is 0 Å². The second kappa shape index (κ2) is 6.77. The summed E-state index contributed by atoms with van der Waals surface area (Å²) in [6.07, 6.45) is 0.886. The number of quaternary nitrogens is 1. The summed E-state index contributed by atoms with van der Waals surface area (Å²) in [6.45, 7) is 0.786. The van der Waals surface area contributed by atoms with E-state index in [2.05, 4.69) is 4.98 Å². The predicted molar refractivity (Wildman–Crippen MR) is 99.7 cm³/mol. The molecule has 7 heteroatoms. The number of benzene rings is 2. The normalized spacial score (nSPS) is 16.0. The van der Waals surface area contributed by atoms with E-state index in [1.807, 2.05) is 29.6 Å². The van der Waals surface area contributed by atoms with Gasteiger partial charge in [-0.05, 0) is 17.7 Å². The van der Waals surface area contributed by atoms with Crippen LogP contribution in [0.1, 0.15) is 22.7 Å². The van der Waals surface area contributed by atoms with Crippen LogP contribution in [0.5, 0.6) is 11.6 Å². The topological polar surface area (TPSA) is 101 Å². The molecule has 0 bridgehead atoms. The van der Waals surface area contributed by atoms with Crippen molar-refractivity contribution < 1.29 is 15.2 Å². The fraction of sp³-hybridized carbons (Fsp3) is 0.200. The van der Waals surface area contributed by atoms with Crippen LogP contribution in [-0.2, 0) is 6.42 Å². The molecule has 7 nitrogen and oxygen atoms in total. The van der Waals surface area contributed by atoms with E-state index >= 15 is 0 Å². The second-order valence-corrected chi connectivity index (χ2v) is 6.45. The van der Waals surface area contributed by atoms with Gasteiger partial charge in [-0.25, -0.2) is 9.36 Å². The Morgan fingerprint density at radius 3 is 2.70 bits per heavy atom. The van der Waals surface area contributed by atoms with Crippen LogP contribution in [0.4, 0.5) is 0 Å². The molecule has 0 radical (unpaired) electrons. The first-order valence-electron chi connectivity index (χ1n) is 8.74. The Morgan fingerprint density at radius 2 is 1.89 bits per heavy atom. The number of methoxy groups -OCH3 is 1. The van der Waals surface area contributed by atoms with Crippen LogP contribution in [0.25, 0.3) is 5.69 Å². The summed E-state index contributed by atoms with van der Waals surface area (Å²) in [7, 11) is 1.48. The summed E-state index contributed by atoms with van der Waals surface area (Å²) in [5.41, 5.74) is 1.34. The SMILES string of the molecule is COc1ccccc1-n1c(O)c([C@@H]2[NH2+]CCc3ccccc32)c(=O)[nH]c1=O. The molecule has 0 fully saturated rings. The van der Waals surface area contributed by atoms with Crippen molar-refractivity contribution in [2.24, 2.45) is 0 Å². The van der Waals surface area contributed by atoms with E-state index in [1.54, 1.807) is 24.3 Å². The molecular formula is C20H20N3O4+. The molecule has 0 amide bonds. The van der Waals surface area contributed by atoms with Crippen molar-refractivity contribution in [2.75, 3.05) is 13.7 Å². The first-order chi connectivity index (χ1) is 13.1. The number of aromatic hydroxyl groups is 1. The molecule has 4 N–H and O–H groups in total. The Kier molecular flexibility index (Phi) is 4.29. The molecule has 1 aliphatic rings. The van der Waals surface area contributed by atoms with Crippen molar-refractivity contribution in [2.45, 2.75) is 12.5 Å². The van der Waals surface area contributed by atoms with E-state index in [-0.39, 0.29) is 17.5 Å². The van der Waals surface area contributed by atoms with Crippen molar-refractivity contribution >= 4 is 0 Å². The van der Waals surface area contributed by atoms with Crippen LogP contribution in [-0.4, -0.2) is 28.3 Å².